The molecule has 5 heteroatoms. The normalized spacial score (nSPS) is 21.3. The van der Waals surface area contributed by atoms with Gasteiger partial charge < -0.3 is 11.1 Å². The second kappa shape index (κ2) is 5.06. The van der Waals surface area contributed by atoms with Crippen molar-refractivity contribution in [3.63, 3.8) is 0 Å². The Balaban J connectivity index is 2.09. The van der Waals surface area contributed by atoms with E-state index in [1.165, 1.54) is 0 Å². The molecule has 0 bridgehead atoms. The van der Waals surface area contributed by atoms with Crippen molar-refractivity contribution in [2.45, 2.75) is 19.5 Å². The molecule has 0 radical (unpaired) electrons. The van der Waals surface area contributed by atoms with E-state index in [0.29, 0.717) is 0 Å². The predicted octanol–water partition coefficient (Wildman–Crippen LogP) is 1.35. The summed E-state index contributed by atoms with van der Waals surface area (Å²) >= 11 is 3.37. The van der Waals surface area contributed by atoms with Crippen LogP contribution in [0.2, 0.25) is 0 Å². The Morgan fingerprint density at radius 1 is 1.59 bits per heavy atom. The minimum absolute atomic E-state index is 0.0754. The van der Waals surface area contributed by atoms with Gasteiger partial charge in [0.25, 0.3) is 0 Å². The molecule has 1 fully saturated rings. The highest BCUT2D eigenvalue weighted by atomic mass is 79.9. The summed E-state index contributed by atoms with van der Waals surface area (Å²) in [6, 6.07) is 5.84. The molecule has 0 aromatic heterocycles. The number of benzene rings is 1. The number of piperazine rings is 1. The SMILES string of the molecule is CC1C(=O)NCCN1Cc1ccc(Br)c(N)c1. The van der Waals surface area contributed by atoms with E-state index < -0.39 is 0 Å². The minimum Gasteiger partial charge on any atom is -0.398 e. The monoisotopic (exact) mass is 297 g/mol. The van der Waals surface area contributed by atoms with Crippen LogP contribution in [0.1, 0.15) is 12.5 Å². The lowest BCUT2D eigenvalue weighted by Crippen LogP contribution is -2.53. The van der Waals surface area contributed by atoms with Crippen LogP contribution in [0.15, 0.2) is 22.7 Å². The van der Waals surface area contributed by atoms with Crippen molar-refractivity contribution < 1.29 is 4.79 Å². The van der Waals surface area contributed by atoms with Crippen LogP contribution in [0.3, 0.4) is 0 Å². The fourth-order valence-electron chi connectivity index (χ4n) is 1.97. The first-order valence-corrected chi connectivity index (χ1v) is 6.43. The third-order valence-electron chi connectivity index (χ3n) is 3.07. The highest BCUT2D eigenvalue weighted by molar-refractivity contribution is 9.10. The van der Waals surface area contributed by atoms with E-state index >= 15 is 0 Å². The lowest BCUT2D eigenvalue weighted by atomic mass is 10.1. The molecule has 1 saturated heterocycles. The molecule has 4 nitrogen and oxygen atoms in total. The Labute approximate surface area is 109 Å². The van der Waals surface area contributed by atoms with Gasteiger partial charge in [-0.05, 0) is 40.5 Å². The number of carbonyl (C=O) groups excluding carboxylic acids is 1. The van der Waals surface area contributed by atoms with Gasteiger partial charge in [-0.2, -0.15) is 0 Å². The van der Waals surface area contributed by atoms with Gasteiger partial charge in [-0.25, -0.2) is 0 Å². The average Bonchev–Trinajstić information content (AvgIpc) is 2.30. The van der Waals surface area contributed by atoms with E-state index in [0.717, 1.165) is 35.4 Å². The van der Waals surface area contributed by atoms with Gasteiger partial charge in [-0.15, -0.1) is 0 Å². The highest BCUT2D eigenvalue weighted by Crippen LogP contribution is 2.21. The molecule has 1 aromatic carbocycles. The first-order chi connectivity index (χ1) is 8.08. The van der Waals surface area contributed by atoms with Crippen molar-refractivity contribution in [3.8, 4) is 0 Å². The molecule has 1 amide bonds. The number of nitrogens with two attached hydrogens (primary N) is 1. The van der Waals surface area contributed by atoms with Crippen molar-refractivity contribution in [1.82, 2.24) is 10.2 Å². The predicted molar refractivity (Wildman–Crippen MR) is 71.4 cm³/mol. The van der Waals surface area contributed by atoms with Crippen molar-refractivity contribution in [3.05, 3.63) is 28.2 Å². The standard InChI is InChI=1S/C12H16BrN3O/c1-8-12(17)15-4-5-16(8)7-9-2-3-10(13)11(14)6-9/h2-3,6,8H,4-5,7,14H2,1H3,(H,15,17). The van der Waals surface area contributed by atoms with Crippen LogP contribution in [0, 0.1) is 0 Å². The van der Waals surface area contributed by atoms with Crippen LogP contribution in [0.25, 0.3) is 0 Å². The lowest BCUT2D eigenvalue weighted by Gasteiger charge is -2.32. The van der Waals surface area contributed by atoms with Crippen LogP contribution >= 0.6 is 15.9 Å². The molecular formula is C12H16BrN3O. The van der Waals surface area contributed by atoms with E-state index in [4.69, 9.17) is 5.73 Å². The summed E-state index contributed by atoms with van der Waals surface area (Å²) in [5.74, 6) is 0.0985. The summed E-state index contributed by atoms with van der Waals surface area (Å²) in [7, 11) is 0. The Bertz CT molecular complexity index is 436. The van der Waals surface area contributed by atoms with Gasteiger partial charge >= 0.3 is 0 Å². The summed E-state index contributed by atoms with van der Waals surface area (Å²) in [5.41, 5.74) is 7.71. The lowest BCUT2D eigenvalue weighted by molar-refractivity contribution is -0.128. The van der Waals surface area contributed by atoms with E-state index in [2.05, 4.69) is 26.1 Å². The van der Waals surface area contributed by atoms with Crippen molar-refractivity contribution in [2.24, 2.45) is 0 Å². The number of nitrogen functional groups attached to an aromatic ring is 1. The molecule has 1 aliphatic rings. The fourth-order valence-corrected chi connectivity index (χ4v) is 2.22. The number of rotatable bonds is 2. The molecule has 2 rings (SSSR count). The number of carbonyl (C=O) groups is 1. The summed E-state index contributed by atoms with van der Waals surface area (Å²) in [5, 5.41) is 2.86. The van der Waals surface area contributed by atoms with Crippen molar-refractivity contribution >= 4 is 27.5 Å². The number of halogens is 1. The van der Waals surface area contributed by atoms with Gasteiger partial charge in [0.05, 0.1) is 6.04 Å². The Morgan fingerprint density at radius 2 is 2.35 bits per heavy atom. The molecule has 0 aliphatic carbocycles. The first kappa shape index (κ1) is 12.4. The maximum Gasteiger partial charge on any atom is 0.237 e. The van der Waals surface area contributed by atoms with Crippen molar-refractivity contribution in [2.75, 3.05) is 18.8 Å². The zero-order valence-corrected chi connectivity index (χ0v) is 11.3. The zero-order chi connectivity index (χ0) is 12.4. The molecule has 1 atom stereocenters. The van der Waals surface area contributed by atoms with Gasteiger partial charge in [0.2, 0.25) is 5.91 Å². The van der Waals surface area contributed by atoms with E-state index in [-0.39, 0.29) is 11.9 Å². The van der Waals surface area contributed by atoms with E-state index in [1.807, 2.05) is 25.1 Å². The average molecular weight is 298 g/mol. The van der Waals surface area contributed by atoms with Gasteiger partial charge in [-0.3, -0.25) is 9.69 Å². The molecule has 0 spiro atoms. The zero-order valence-electron chi connectivity index (χ0n) is 9.74. The number of amides is 1. The Hall–Kier alpha value is -1.07. The van der Waals surface area contributed by atoms with E-state index in [9.17, 15) is 4.79 Å². The van der Waals surface area contributed by atoms with Crippen LogP contribution in [0.4, 0.5) is 5.69 Å². The number of nitrogens with one attached hydrogen (secondary N) is 1. The maximum atomic E-state index is 11.5. The van der Waals surface area contributed by atoms with Crippen molar-refractivity contribution in [1.29, 1.82) is 0 Å². The molecule has 1 aliphatic heterocycles. The Morgan fingerprint density at radius 3 is 3.06 bits per heavy atom. The van der Waals surface area contributed by atoms with E-state index in [1.54, 1.807) is 0 Å². The molecule has 0 saturated carbocycles. The van der Waals surface area contributed by atoms with Gasteiger partial charge in [0.15, 0.2) is 0 Å². The topological polar surface area (TPSA) is 58.4 Å². The van der Waals surface area contributed by atoms with Crippen LogP contribution in [-0.4, -0.2) is 29.9 Å². The maximum absolute atomic E-state index is 11.5. The van der Waals surface area contributed by atoms with Gasteiger partial charge in [0, 0.05) is 29.8 Å². The number of nitrogens with zero attached hydrogens (tertiary/aromatic N) is 1. The molecule has 1 heterocycles. The number of hydrogen-bond acceptors (Lipinski definition) is 3. The number of hydrogen-bond donors (Lipinski definition) is 2. The van der Waals surface area contributed by atoms with Gasteiger partial charge in [0.1, 0.15) is 0 Å². The molecule has 92 valence electrons. The summed E-state index contributed by atoms with van der Waals surface area (Å²) in [4.78, 5) is 13.7. The summed E-state index contributed by atoms with van der Waals surface area (Å²) in [6.07, 6.45) is 0. The highest BCUT2D eigenvalue weighted by Gasteiger charge is 2.25. The van der Waals surface area contributed by atoms with Crippen LogP contribution in [-0.2, 0) is 11.3 Å². The first-order valence-electron chi connectivity index (χ1n) is 5.63. The summed E-state index contributed by atoms with van der Waals surface area (Å²) < 4.78 is 0.908. The molecule has 3 N–H and O–H groups in total. The van der Waals surface area contributed by atoms with Crippen LogP contribution < -0.4 is 11.1 Å². The molecule has 1 aromatic rings. The minimum atomic E-state index is -0.0754. The van der Waals surface area contributed by atoms with Gasteiger partial charge in [-0.1, -0.05) is 6.07 Å². The Kier molecular flexibility index (Phi) is 3.69. The number of anilines is 1. The third kappa shape index (κ3) is 2.79. The fraction of sp³-hybridized carbons (Fsp3) is 0.417. The third-order valence-corrected chi connectivity index (χ3v) is 3.79. The second-order valence-corrected chi connectivity index (χ2v) is 5.15. The molecule has 17 heavy (non-hydrogen) atoms. The molecular weight excluding hydrogens is 282 g/mol. The second-order valence-electron chi connectivity index (χ2n) is 4.29. The molecule has 1 unspecified atom stereocenters. The largest absolute Gasteiger partial charge is 0.398 e. The van der Waals surface area contributed by atoms with Crippen LogP contribution in [0.5, 0.6) is 0 Å². The smallest absolute Gasteiger partial charge is 0.237 e. The summed E-state index contributed by atoms with van der Waals surface area (Å²) in [6.45, 7) is 4.28. The quantitative estimate of drug-likeness (QED) is 0.810.